The smallest absolute Gasteiger partial charge is 0.416 e. The molecule has 0 heterocycles. The monoisotopic (exact) mass is 629 g/mol. The minimum atomic E-state index is -4.47. The number of anilines is 2. The Morgan fingerprint density at radius 2 is 1.14 bits per heavy atom. The van der Waals surface area contributed by atoms with Gasteiger partial charge in [-0.25, -0.2) is 4.79 Å². The summed E-state index contributed by atoms with van der Waals surface area (Å²) in [5, 5.41) is 2.85. The molecule has 0 unspecified atom stereocenters. The first kappa shape index (κ1) is 37.1. The zero-order chi connectivity index (χ0) is 31.7. The fraction of sp³-hybridized carbons (Fsp3) is 0.516. The van der Waals surface area contributed by atoms with Crippen LogP contribution in [0.15, 0.2) is 61.2 Å². The van der Waals surface area contributed by atoms with Crippen molar-refractivity contribution in [3.8, 4) is 0 Å². The van der Waals surface area contributed by atoms with E-state index in [2.05, 4.69) is 11.9 Å². The summed E-state index contributed by atoms with van der Waals surface area (Å²) >= 11 is 0. The highest BCUT2D eigenvalue weighted by Crippen LogP contribution is 2.32. The highest BCUT2D eigenvalue weighted by atomic mass is 19.4. The first-order valence-corrected chi connectivity index (χ1v) is 14.3. The van der Waals surface area contributed by atoms with Gasteiger partial charge in [0.2, 0.25) is 0 Å². The van der Waals surface area contributed by atoms with E-state index >= 15 is 0 Å². The molecule has 0 fully saturated rings. The second-order valence-corrected chi connectivity index (χ2v) is 8.92. The topological polar surface area (TPSA) is 103 Å². The van der Waals surface area contributed by atoms with Crippen molar-refractivity contribution in [1.82, 2.24) is 0 Å². The van der Waals surface area contributed by atoms with Crippen molar-refractivity contribution >= 4 is 17.3 Å². The SMILES string of the molecule is C=CCOCCOCCOCCOCCOCCOCCOCCOC(=O)c1ccccc1Nc1cccc(C(F)(F)F)c1. The van der Waals surface area contributed by atoms with Gasteiger partial charge >= 0.3 is 12.1 Å². The lowest BCUT2D eigenvalue weighted by Gasteiger charge is -2.13. The lowest BCUT2D eigenvalue weighted by molar-refractivity contribution is -0.137. The number of carbonyl (C=O) groups excluding carboxylic acids is 1. The Morgan fingerprint density at radius 1 is 0.659 bits per heavy atom. The fourth-order valence-corrected chi connectivity index (χ4v) is 3.46. The highest BCUT2D eigenvalue weighted by molar-refractivity contribution is 5.96. The van der Waals surface area contributed by atoms with E-state index in [-0.39, 0.29) is 24.5 Å². The third kappa shape index (κ3) is 17.3. The number of para-hydroxylation sites is 1. The number of nitrogens with one attached hydrogen (secondary N) is 1. The number of alkyl halides is 3. The molecule has 0 saturated heterocycles. The van der Waals surface area contributed by atoms with Gasteiger partial charge in [-0.1, -0.05) is 24.3 Å². The Kier molecular flexibility index (Phi) is 19.7. The molecule has 0 saturated carbocycles. The molecule has 0 atom stereocenters. The van der Waals surface area contributed by atoms with Gasteiger partial charge in [-0.2, -0.15) is 13.2 Å². The molecular formula is C31H42F3NO9. The van der Waals surface area contributed by atoms with Gasteiger partial charge in [0.15, 0.2) is 0 Å². The van der Waals surface area contributed by atoms with Crippen molar-refractivity contribution in [1.29, 1.82) is 0 Å². The Balaban J connectivity index is 1.42. The van der Waals surface area contributed by atoms with Crippen molar-refractivity contribution in [3.63, 3.8) is 0 Å². The van der Waals surface area contributed by atoms with E-state index < -0.39 is 17.7 Å². The number of esters is 1. The molecule has 2 aromatic carbocycles. The summed E-state index contributed by atoms with van der Waals surface area (Å²) in [6.07, 6.45) is -2.78. The minimum absolute atomic E-state index is 0.00447. The molecule has 13 heteroatoms. The molecule has 1 N–H and O–H groups in total. The molecule has 0 spiro atoms. The average Bonchev–Trinajstić information content (AvgIpc) is 3.01. The van der Waals surface area contributed by atoms with Gasteiger partial charge in [-0.3, -0.25) is 0 Å². The van der Waals surface area contributed by atoms with Crippen LogP contribution >= 0.6 is 0 Å². The maximum atomic E-state index is 13.0. The van der Waals surface area contributed by atoms with Crippen LogP contribution in [-0.2, 0) is 44.1 Å². The lowest BCUT2D eigenvalue weighted by atomic mass is 10.1. The van der Waals surface area contributed by atoms with Crippen LogP contribution in [0.1, 0.15) is 15.9 Å². The summed E-state index contributed by atoms with van der Waals surface area (Å²) in [6.45, 7) is 9.62. The maximum absolute atomic E-state index is 13.0. The van der Waals surface area contributed by atoms with Gasteiger partial charge in [0.1, 0.15) is 6.61 Å². The molecule has 2 rings (SSSR count). The normalized spacial score (nSPS) is 11.4. The summed E-state index contributed by atoms with van der Waals surface area (Å²) in [5.41, 5.74) is -0.0783. The molecule has 0 aromatic heterocycles. The van der Waals surface area contributed by atoms with Gasteiger partial charge in [-0.15, -0.1) is 6.58 Å². The van der Waals surface area contributed by atoms with E-state index in [0.717, 1.165) is 12.1 Å². The van der Waals surface area contributed by atoms with Crippen LogP contribution in [0.2, 0.25) is 0 Å². The van der Waals surface area contributed by atoms with Crippen molar-refractivity contribution in [3.05, 3.63) is 72.3 Å². The number of hydrogen-bond acceptors (Lipinski definition) is 10. The summed E-state index contributed by atoms with van der Waals surface area (Å²) in [7, 11) is 0. The van der Waals surface area contributed by atoms with Crippen molar-refractivity contribution in [2.75, 3.05) is 104 Å². The summed E-state index contributed by atoms with van der Waals surface area (Å²) < 4.78 is 81.9. The second kappa shape index (κ2) is 23.4. The third-order valence-corrected chi connectivity index (χ3v) is 5.54. The van der Waals surface area contributed by atoms with E-state index in [0.29, 0.717) is 91.6 Å². The molecule has 0 aliphatic carbocycles. The summed E-state index contributed by atoms with van der Waals surface area (Å²) in [5.74, 6) is -0.625. The summed E-state index contributed by atoms with van der Waals surface area (Å²) in [6, 6.07) is 11.1. The zero-order valence-electron chi connectivity index (χ0n) is 24.8. The Morgan fingerprint density at radius 3 is 1.64 bits per heavy atom. The van der Waals surface area contributed by atoms with E-state index in [1.165, 1.54) is 18.2 Å². The Bertz CT molecular complexity index is 1060. The highest BCUT2D eigenvalue weighted by Gasteiger charge is 2.30. The van der Waals surface area contributed by atoms with Crippen LogP contribution < -0.4 is 5.32 Å². The van der Waals surface area contributed by atoms with Gasteiger partial charge < -0.3 is 43.2 Å². The first-order chi connectivity index (χ1) is 21.4. The number of ether oxygens (including phenoxy) is 8. The van der Waals surface area contributed by atoms with Crippen LogP contribution in [0.5, 0.6) is 0 Å². The molecule has 0 amide bonds. The van der Waals surface area contributed by atoms with Gasteiger partial charge in [0.25, 0.3) is 0 Å². The molecule has 2 aromatic rings. The number of benzene rings is 2. The molecule has 0 aliphatic heterocycles. The van der Waals surface area contributed by atoms with Crippen molar-refractivity contribution in [2.45, 2.75) is 6.18 Å². The van der Waals surface area contributed by atoms with E-state index in [9.17, 15) is 18.0 Å². The van der Waals surface area contributed by atoms with Crippen LogP contribution in [0, 0.1) is 0 Å². The molecular weight excluding hydrogens is 587 g/mol. The maximum Gasteiger partial charge on any atom is 0.416 e. The van der Waals surface area contributed by atoms with Gasteiger partial charge in [-0.05, 0) is 30.3 Å². The van der Waals surface area contributed by atoms with Gasteiger partial charge in [0.05, 0.1) is 109 Å². The number of hydrogen-bond donors (Lipinski definition) is 1. The number of carbonyl (C=O) groups is 1. The van der Waals surface area contributed by atoms with Crippen LogP contribution in [0.25, 0.3) is 0 Å². The lowest BCUT2D eigenvalue weighted by Crippen LogP contribution is -2.15. The average molecular weight is 630 g/mol. The predicted octanol–water partition coefficient (Wildman–Crippen LogP) is 4.91. The van der Waals surface area contributed by atoms with Crippen molar-refractivity contribution in [2.24, 2.45) is 0 Å². The van der Waals surface area contributed by atoms with Crippen LogP contribution in [0.3, 0.4) is 0 Å². The Labute approximate surface area is 256 Å². The van der Waals surface area contributed by atoms with Gasteiger partial charge in [0, 0.05) is 5.69 Å². The van der Waals surface area contributed by atoms with Crippen molar-refractivity contribution < 1.29 is 55.9 Å². The Hall–Kier alpha value is -3.04. The predicted molar refractivity (Wildman–Crippen MR) is 157 cm³/mol. The zero-order valence-corrected chi connectivity index (χ0v) is 24.8. The molecule has 0 bridgehead atoms. The molecule has 0 radical (unpaired) electrons. The standard InChI is InChI=1S/C31H42F3NO9/c1-2-10-37-11-12-38-13-14-39-15-16-40-17-18-41-19-20-42-21-22-43-23-24-44-30(36)28-8-3-4-9-29(28)35-27-7-5-6-26(25-27)31(32,33)34/h2-9,25,35H,1,10-24H2. The van der Waals surface area contributed by atoms with E-state index in [1.807, 2.05) is 0 Å². The molecule has 246 valence electrons. The van der Waals surface area contributed by atoms with E-state index in [4.69, 9.17) is 37.9 Å². The molecule has 10 nitrogen and oxygen atoms in total. The summed E-state index contributed by atoms with van der Waals surface area (Å²) in [4.78, 5) is 12.5. The quantitative estimate of drug-likeness (QED) is 0.0878. The van der Waals surface area contributed by atoms with E-state index in [1.54, 1.807) is 24.3 Å². The molecule has 44 heavy (non-hydrogen) atoms. The number of rotatable bonds is 26. The first-order valence-electron chi connectivity index (χ1n) is 14.3. The third-order valence-electron chi connectivity index (χ3n) is 5.54. The molecule has 0 aliphatic rings. The number of halogens is 3. The fourth-order valence-electron chi connectivity index (χ4n) is 3.46. The van der Waals surface area contributed by atoms with Crippen LogP contribution in [-0.4, -0.2) is 105 Å². The second-order valence-electron chi connectivity index (χ2n) is 8.92. The van der Waals surface area contributed by atoms with Crippen LogP contribution in [0.4, 0.5) is 24.5 Å². The largest absolute Gasteiger partial charge is 0.460 e. The minimum Gasteiger partial charge on any atom is -0.460 e.